The Balaban J connectivity index is 1.31. The number of rotatable bonds is 7. The molecule has 0 bridgehead atoms. The Hall–Kier alpha value is -4.53. The fourth-order valence-corrected chi connectivity index (χ4v) is 6.27. The van der Waals surface area contributed by atoms with Gasteiger partial charge in [-0.2, -0.15) is 0 Å². The van der Waals surface area contributed by atoms with Crippen molar-refractivity contribution in [2.75, 3.05) is 10.6 Å². The molecule has 0 saturated heterocycles. The molecule has 2 amide bonds. The third-order valence-electron chi connectivity index (χ3n) is 5.80. The van der Waals surface area contributed by atoms with Gasteiger partial charge in [0, 0.05) is 17.9 Å². The molecule has 10 nitrogen and oxygen atoms in total. The summed E-state index contributed by atoms with van der Waals surface area (Å²) >= 11 is 6.55. The molecular weight excluding hydrogens is 600 g/mol. The second-order valence-corrected chi connectivity index (χ2v) is 12.2. The highest BCUT2D eigenvalue weighted by Crippen LogP contribution is 2.25. The van der Waals surface area contributed by atoms with E-state index in [1.54, 1.807) is 12.1 Å². The summed E-state index contributed by atoms with van der Waals surface area (Å²) in [7, 11) is -4.12. The van der Waals surface area contributed by atoms with E-state index in [2.05, 4.69) is 15.6 Å². The van der Waals surface area contributed by atoms with E-state index in [1.807, 2.05) is 4.72 Å². The summed E-state index contributed by atoms with van der Waals surface area (Å²) < 4.78 is 54.1. The van der Waals surface area contributed by atoms with Crippen molar-refractivity contribution in [2.24, 2.45) is 0 Å². The fraction of sp³-hybridized carbons (Fsp3) is 0.0385. The molecule has 0 aliphatic carbocycles. The zero-order valence-electron chi connectivity index (χ0n) is 20.6. The van der Waals surface area contributed by atoms with Crippen molar-refractivity contribution < 1.29 is 22.0 Å². The predicted octanol–water partition coefficient (Wildman–Crippen LogP) is 4.79. The largest absolute Gasteiger partial charge is 0.381 e. The van der Waals surface area contributed by atoms with Crippen molar-refractivity contribution in [1.82, 2.24) is 14.3 Å². The molecule has 0 aliphatic heterocycles. The molecule has 0 radical (unpaired) electrons. The van der Waals surface area contributed by atoms with E-state index in [0.717, 1.165) is 28.0 Å². The summed E-state index contributed by atoms with van der Waals surface area (Å²) in [4.78, 5) is 40.9. The average Bonchev–Trinajstić information content (AvgIpc) is 3.37. The first-order valence-corrected chi connectivity index (χ1v) is 14.3. The SMILES string of the molecule is O=C(Nc1ccc(-n2c(=O)[nH]c3cc(NCc4ccc(F)c(F)c4)ccc3c2=O)cc1)NS(=O)(=O)c1ccc(Cl)s1. The van der Waals surface area contributed by atoms with Gasteiger partial charge in [-0.3, -0.25) is 4.79 Å². The zero-order valence-corrected chi connectivity index (χ0v) is 23.0. The lowest BCUT2D eigenvalue weighted by molar-refractivity contribution is 0.256. The van der Waals surface area contributed by atoms with Crippen molar-refractivity contribution in [3.8, 4) is 5.69 Å². The van der Waals surface area contributed by atoms with Gasteiger partial charge < -0.3 is 15.6 Å². The number of anilines is 2. The number of carbonyl (C=O) groups is 1. The van der Waals surface area contributed by atoms with Crippen LogP contribution in [0.25, 0.3) is 16.6 Å². The summed E-state index contributed by atoms with van der Waals surface area (Å²) in [6.45, 7) is 0.177. The molecule has 2 aromatic heterocycles. The van der Waals surface area contributed by atoms with E-state index in [0.29, 0.717) is 11.3 Å². The molecule has 0 saturated carbocycles. The third-order valence-corrected chi connectivity index (χ3v) is 8.86. The first kappa shape index (κ1) is 28.0. The number of nitrogens with one attached hydrogen (secondary N) is 4. The summed E-state index contributed by atoms with van der Waals surface area (Å²) in [5, 5.41) is 5.61. The van der Waals surface area contributed by atoms with Gasteiger partial charge in [-0.25, -0.2) is 36.1 Å². The number of thiophene rings is 1. The number of aromatic amines is 1. The zero-order chi connectivity index (χ0) is 29.3. The number of fused-ring (bicyclic) bond motifs is 1. The summed E-state index contributed by atoms with van der Waals surface area (Å²) in [5.74, 6) is -1.91. The first-order chi connectivity index (χ1) is 19.5. The van der Waals surface area contributed by atoms with Gasteiger partial charge in [0.05, 0.1) is 20.9 Å². The number of nitrogens with zero attached hydrogens (tertiary/aromatic N) is 1. The molecule has 41 heavy (non-hydrogen) atoms. The van der Waals surface area contributed by atoms with Gasteiger partial charge in [-0.05, 0) is 72.3 Å². The summed E-state index contributed by atoms with van der Waals surface area (Å²) in [6.07, 6.45) is 0. The van der Waals surface area contributed by atoms with Crippen LogP contribution in [-0.2, 0) is 16.6 Å². The number of benzene rings is 3. The smallest absolute Gasteiger partial charge is 0.333 e. The molecule has 3 aromatic carbocycles. The molecule has 2 heterocycles. The maximum absolute atomic E-state index is 13.5. The molecule has 4 N–H and O–H groups in total. The Bertz CT molecular complexity index is 2030. The monoisotopic (exact) mass is 617 g/mol. The highest BCUT2D eigenvalue weighted by Gasteiger charge is 2.20. The van der Waals surface area contributed by atoms with E-state index >= 15 is 0 Å². The number of hydrogen-bond donors (Lipinski definition) is 4. The number of aromatic nitrogens is 2. The van der Waals surface area contributed by atoms with Crippen molar-refractivity contribution >= 4 is 61.3 Å². The van der Waals surface area contributed by atoms with Gasteiger partial charge in [0.2, 0.25) is 0 Å². The fourth-order valence-electron chi connectivity index (χ4n) is 3.88. The van der Waals surface area contributed by atoms with Crippen LogP contribution >= 0.6 is 22.9 Å². The van der Waals surface area contributed by atoms with Crippen LogP contribution in [0.5, 0.6) is 0 Å². The standard InChI is InChI=1S/C26H18ClF2N5O5S2/c27-22-9-10-23(40-22)41(38,39)33-25(36)31-15-2-5-17(6-3-15)34-24(35)18-7-4-16(12-21(18)32-26(34)37)30-13-14-1-8-19(28)20(29)11-14/h1-12,30H,13H2,(H,32,37)(H2,31,33,36). The molecule has 0 spiro atoms. The normalized spacial score (nSPS) is 11.4. The number of amides is 2. The van der Waals surface area contributed by atoms with Crippen LogP contribution in [0.3, 0.4) is 0 Å². The molecule has 0 unspecified atom stereocenters. The van der Waals surface area contributed by atoms with E-state index in [1.165, 1.54) is 48.5 Å². The van der Waals surface area contributed by atoms with E-state index in [-0.39, 0.29) is 37.4 Å². The lowest BCUT2D eigenvalue weighted by atomic mass is 10.2. The topological polar surface area (TPSA) is 142 Å². The van der Waals surface area contributed by atoms with Crippen LogP contribution in [0.4, 0.5) is 25.0 Å². The molecule has 5 aromatic rings. The van der Waals surface area contributed by atoms with Gasteiger partial charge >= 0.3 is 11.7 Å². The minimum Gasteiger partial charge on any atom is -0.381 e. The Morgan fingerprint density at radius 1 is 0.927 bits per heavy atom. The number of urea groups is 1. The van der Waals surface area contributed by atoms with Crippen molar-refractivity contribution in [1.29, 1.82) is 0 Å². The van der Waals surface area contributed by atoms with Crippen LogP contribution in [0, 0.1) is 11.6 Å². The Morgan fingerprint density at radius 2 is 1.66 bits per heavy atom. The minimum absolute atomic E-state index is 0.130. The van der Waals surface area contributed by atoms with Gasteiger partial charge in [0.25, 0.3) is 15.6 Å². The molecule has 5 rings (SSSR count). The van der Waals surface area contributed by atoms with Crippen molar-refractivity contribution in [3.05, 3.63) is 115 Å². The second kappa shape index (κ2) is 11.2. The molecule has 0 aliphatic rings. The van der Waals surface area contributed by atoms with Gasteiger partial charge in [0.1, 0.15) is 4.21 Å². The van der Waals surface area contributed by atoms with Crippen molar-refractivity contribution in [3.63, 3.8) is 0 Å². The van der Waals surface area contributed by atoms with E-state index in [9.17, 15) is 31.6 Å². The summed E-state index contributed by atoms with van der Waals surface area (Å²) in [6, 6.07) is 15.4. The second-order valence-electron chi connectivity index (χ2n) is 8.60. The maximum Gasteiger partial charge on any atom is 0.333 e. The van der Waals surface area contributed by atoms with Crippen molar-refractivity contribution in [2.45, 2.75) is 10.8 Å². The van der Waals surface area contributed by atoms with Gasteiger partial charge in [-0.1, -0.05) is 17.7 Å². The number of carbonyl (C=O) groups excluding carboxylic acids is 1. The van der Waals surface area contributed by atoms with Gasteiger partial charge in [0.15, 0.2) is 11.6 Å². The maximum atomic E-state index is 13.5. The lowest BCUT2D eigenvalue weighted by Crippen LogP contribution is -2.34. The average molecular weight is 618 g/mol. The predicted molar refractivity (Wildman–Crippen MR) is 153 cm³/mol. The molecule has 210 valence electrons. The van der Waals surface area contributed by atoms with Crippen LogP contribution in [0.15, 0.2) is 86.6 Å². The molecule has 15 heteroatoms. The van der Waals surface area contributed by atoms with Crippen LogP contribution in [-0.4, -0.2) is 24.0 Å². The molecule has 0 fully saturated rings. The summed E-state index contributed by atoms with van der Waals surface area (Å²) in [5.41, 5.74) is 0.368. The third kappa shape index (κ3) is 6.14. The van der Waals surface area contributed by atoms with Gasteiger partial charge in [-0.15, -0.1) is 11.3 Å². The Kier molecular flexibility index (Phi) is 7.62. The lowest BCUT2D eigenvalue weighted by Gasteiger charge is -2.11. The first-order valence-electron chi connectivity index (χ1n) is 11.7. The highest BCUT2D eigenvalue weighted by atomic mass is 35.5. The highest BCUT2D eigenvalue weighted by molar-refractivity contribution is 7.92. The number of halogens is 3. The number of H-pyrrole nitrogens is 1. The number of hydrogen-bond acceptors (Lipinski definition) is 7. The number of sulfonamides is 1. The van der Waals surface area contributed by atoms with Crippen LogP contribution in [0.1, 0.15) is 5.56 Å². The van der Waals surface area contributed by atoms with E-state index < -0.39 is 38.9 Å². The van der Waals surface area contributed by atoms with Crippen LogP contribution < -0.4 is 26.6 Å². The minimum atomic E-state index is -4.12. The van der Waals surface area contributed by atoms with Crippen LogP contribution in [0.2, 0.25) is 4.34 Å². The molecular formula is C26H18ClF2N5O5S2. The Labute approximate surface area is 239 Å². The Morgan fingerprint density at radius 3 is 2.34 bits per heavy atom. The molecule has 0 atom stereocenters. The quantitative estimate of drug-likeness (QED) is 0.207. The van der Waals surface area contributed by atoms with E-state index in [4.69, 9.17) is 11.6 Å².